The van der Waals surface area contributed by atoms with Crippen molar-refractivity contribution in [3.8, 4) is 0 Å². The van der Waals surface area contributed by atoms with E-state index < -0.39 is 0 Å². The predicted octanol–water partition coefficient (Wildman–Crippen LogP) is 2.00. The molecule has 0 aromatic carbocycles. The summed E-state index contributed by atoms with van der Waals surface area (Å²) in [5.41, 5.74) is 0. The van der Waals surface area contributed by atoms with Gasteiger partial charge in [-0.15, -0.1) is 12.4 Å². The third-order valence-corrected chi connectivity index (χ3v) is 4.63. The van der Waals surface area contributed by atoms with Gasteiger partial charge in [0.25, 0.3) is 0 Å². The van der Waals surface area contributed by atoms with Gasteiger partial charge in [-0.25, -0.2) is 0 Å². The van der Waals surface area contributed by atoms with Gasteiger partial charge in [0.05, 0.1) is 6.04 Å². The highest BCUT2D eigenvalue weighted by molar-refractivity contribution is 5.85. The molecule has 1 saturated heterocycles. The number of halogens is 1. The Morgan fingerprint density at radius 3 is 2.47 bits per heavy atom. The Bertz CT molecular complexity index is 267. The van der Waals surface area contributed by atoms with Crippen molar-refractivity contribution in [1.29, 1.82) is 0 Å². The molecule has 2 N–H and O–H groups in total. The quantitative estimate of drug-likeness (QED) is 0.796. The number of carbonyl (C=O) groups is 1. The Hall–Kier alpha value is -0.280. The molecule has 1 aliphatic heterocycles. The Labute approximate surface area is 110 Å². The van der Waals surface area contributed by atoms with Crippen LogP contribution in [-0.4, -0.2) is 24.0 Å². The van der Waals surface area contributed by atoms with E-state index in [-0.39, 0.29) is 24.4 Å². The van der Waals surface area contributed by atoms with Crippen molar-refractivity contribution >= 4 is 18.3 Å². The molecule has 0 aromatic rings. The van der Waals surface area contributed by atoms with Crippen LogP contribution in [0, 0.1) is 5.92 Å². The predicted molar refractivity (Wildman–Crippen MR) is 70.3 cm³/mol. The SMILES string of the molecule is Cl.O=C(NC1CCC1)C1CC2CCCCC2N1. The maximum Gasteiger partial charge on any atom is 0.237 e. The smallest absolute Gasteiger partial charge is 0.237 e. The normalized spacial score (nSPS) is 36.6. The van der Waals surface area contributed by atoms with E-state index in [1.54, 1.807) is 0 Å². The summed E-state index contributed by atoms with van der Waals surface area (Å²) in [5.74, 6) is 1.03. The monoisotopic (exact) mass is 258 g/mol. The van der Waals surface area contributed by atoms with E-state index in [0.717, 1.165) is 12.3 Å². The summed E-state index contributed by atoms with van der Waals surface area (Å²) in [5, 5.41) is 6.70. The second-order valence-corrected chi connectivity index (χ2v) is 5.74. The fourth-order valence-electron chi connectivity index (χ4n) is 3.38. The molecule has 2 saturated carbocycles. The molecule has 1 amide bonds. The molecule has 17 heavy (non-hydrogen) atoms. The van der Waals surface area contributed by atoms with Gasteiger partial charge in [-0.1, -0.05) is 12.8 Å². The lowest BCUT2D eigenvalue weighted by atomic mass is 9.85. The van der Waals surface area contributed by atoms with E-state index in [1.807, 2.05) is 0 Å². The van der Waals surface area contributed by atoms with Crippen molar-refractivity contribution < 1.29 is 4.79 Å². The van der Waals surface area contributed by atoms with Gasteiger partial charge in [-0.3, -0.25) is 4.79 Å². The van der Waals surface area contributed by atoms with Crippen LogP contribution < -0.4 is 10.6 Å². The second kappa shape index (κ2) is 5.57. The summed E-state index contributed by atoms with van der Waals surface area (Å²) in [6, 6.07) is 1.22. The van der Waals surface area contributed by atoms with E-state index in [0.29, 0.717) is 12.1 Å². The lowest BCUT2D eigenvalue weighted by molar-refractivity contribution is -0.124. The molecule has 0 spiro atoms. The molecule has 3 nitrogen and oxygen atoms in total. The molecule has 0 aromatic heterocycles. The van der Waals surface area contributed by atoms with Crippen LogP contribution in [0.5, 0.6) is 0 Å². The van der Waals surface area contributed by atoms with Gasteiger partial charge in [0.15, 0.2) is 0 Å². The Morgan fingerprint density at radius 1 is 1.06 bits per heavy atom. The number of carbonyl (C=O) groups excluding carboxylic acids is 1. The first kappa shape index (κ1) is 13.2. The van der Waals surface area contributed by atoms with Crippen LogP contribution in [0.1, 0.15) is 51.4 Å². The van der Waals surface area contributed by atoms with Crippen LogP contribution in [0.15, 0.2) is 0 Å². The van der Waals surface area contributed by atoms with E-state index in [2.05, 4.69) is 10.6 Å². The summed E-state index contributed by atoms with van der Waals surface area (Å²) < 4.78 is 0. The van der Waals surface area contributed by atoms with Crippen LogP contribution in [0.2, 0.25) is 0 Å². The molecule has 4 heteroatoms. The topological polar surface area (TPSA) is 41.1 Å². The van der Waals surface area contributed by atoms with Gasteiger partial charge in [0, 0.05) is 12.1 Å². The van der Waals surface area contributed by atoms with E-state index >= 15 is 0 Å². The van der Waals surface area contributed by atoms with Crippen LogP contribution in [0.25, 0.3) is 0 Å². The van der Waals surface area contributed by atoms with E-state index in [1.165, 1.54) is 44.9 Å². The average Bonchev–Trinajstić information content (AvgIpc) is 2.66. The first-order chi connectivity index (χ1) is 7.83. The number of amides is 1. The minimum absolute atomic E-state index is 0. The van der Waals surface area contributed by atoms with E-state index in [4.69, 9.17) is 0 Å². The van der Waals surface area contributed by atoms with Gasteiger partial charge < -0.3 is 10.6 Å². The van der Waals surface area contributed by atoms with Gasteiger partial charge in [-0.2, -0.15) is 0 Å². The third-order valence-electron chi connectivity index (χ3n) is 4.63. The molecule has 3 unspecified atom stereocenters. The first-order valence-electron chi connectivity index (χ1n) is 6.89. The van der Waals surface area contributed by atoms with Gasteiger partial charge >= 0.3 is 0 Å². The van der Waals surface area contributed by atoms with Crippen molar-refractivity contribution in [3.05, 3.63) is 0 Å². The molecule has 3 atom stereocenters. The first-order valence-corrected chi connectivity index (χ1v) is 6.89. The fourth-order valence-corrected chi connectivity index (χ4v) is 3.38. The zero-order valence-corrected chi connectivity index (χ0v) is 11.1. The van der Waals surface area contributed by atoms with Crippen LogP contribution in [0.4, 0.5) is 0 Å². The molecular formula is C13H23ClN2O. The summed E-state index contributed by atoms with van der Waals surface area (Å²) >= 11 is 0. The minimum atomic E-state index is 0. The summed E-state index contributed by atoms with van der Waals surface area (Å²) in [7, 11) is 0. The standard InChI is InChI=1S/C13H22N2O.ClH/c16-13(14-10-5-3-6-10)12-8-9-4-1-2-7-11(9)15-12;/h9-12,15H,1-8H2,(H,14,16);1H. The molecule has 0 bridgehead atoms. The molecule has 3 aliphatic rings. The van der Waals surface area contributed by atoms with Crippen LogP contribution in [0.3, 0.4) is 0 Å². The molecule has 0 radical (unpaired) electrons. The van der Waals surface area contributed by atoms with Gasteiger partial charge in [0.1, 0.15) is 0 Å². The summed E-state index contributed by atoms with van der Waals surface area (Å²) in [6.07, 6.45) is 10.0. The van der Waals surface area contributed by atoms with Crippen molar-refractivity contribution in [2.75, 3.05) is 0 Å². The number of fused-ring (bicyclic) bond motifs is 1. The van der Waals surface area contributed by atoms with Crippen molar-refractivity contribution in [3.63, 3.8) is 0 Å². The Kier molecular flexibility index (Phi) is 4.31. The molecule has 1 heterocycles. The molecule has 3 fully saturated rings. The number of nitrogens with one attached hydrogen (secondary N) is 2. The maximum absolute atomic E-state index is 12.0. The number of rotatable bonds is 2. The van der Waals surface area contributed by atoms with E-state index in [9.17, 15) is 4.79 Å². The van der Waals surface area contributed by atoms with Gasteiger partial charge in [0.2, 0.25) is 5.91 Å². The number of hydrogen-bond donors (Lipinski definition) is 2. The van der Waals surface area contributed by atoms with Crippen LogP contribution in [-0.2, 0) is 4.79 Å². The Balaban J connectivity index is 0.00000108. The van der Waals surface area contributed by atoms with Gasteiger partial charge in [-0.05, 0) is 44.4 Å². The van der Waals surface area contributed by atoms with Crippen molar-refractivity contribution in [2.45, 2.75) is 69.5 Å². The zero-order chi connectivity index (χ0) is 11.0. The highest BCUT2D eigenvalue weighted by atomic mass is 35.5. The molecule has 98 valence electrons. The molecule has 3 rings (SSSR count). The highest BCUT2D eigenvalue weighted by Crippen LogP contribution is 2.33. The third kappa shape index (κ3) is 2.76. The van der Waals surface area contributed by atoms with Crippen molar-refractivity contribution in [2.24, 2.45) is 5.92 Å². The lowest BCUT2D eigenvalue weighted by Crippen LogP contribution is -2.48. The number of hydrogen-bond acceptors (Lipinski definition) is 2. The lowest BCUT2D eigenvalue weighted by Gasteiger charge is -2.28. The Morgan fingerprint density at radius 2 is 1.82 bits per heavy atom. The zero-order valence-electron chi connectivity index (χ0n) is 10.3. The highest BCUT2D eigenvalue weighted by Gasteiger charge is 2.38. The van der Waals surface area contributed by atoms with Crippen molar-refractivity contribution in [1.82, 2.24) is 10.6 Å². The fraction of sp³-hybridized carbons (Fsp3) is 0.923. The van der Waals surface area contributed by atoms with Crippen LogP contribution >= 0.6 is 12.4 Å². The largest absolute Gasteiger partial charge is 0.352 e. The summed E-state index contributed by atoms with van der Waals surface area (Å²) in [6.45, 7) is 0. The molecular weight excluding hydrogens is 236 g/mol. The summed E-state index contributed by atoms with van der Waals surface area (Å²) in [4.78, 5) is 12.0. The molecule has 2 aliphatic carbocycles. The average molecular weight is 259 g/mol. The maximum atomic E-state index is 12.0. The minimum Gasteiger partial charge on any atom is -0.352 e. The second-order valence-electron chi connectivity index (χ2n) is 5.74.